The van der Waals surface area contributed by atoms with Crippen molar-refractivity contribution in [2.75, 3.05) is 13.1 Å². The van der Waals surface area contributed by atoms with Gasteiger partial charge >= 0.3 is 5.97 Å². The monoisotopic (exact) mass is 418 g/mol. The molecule has 0 saturated carbocycles. The summed E-state index contributed by atoms with van der Waals surface area (Å²) < 4.78 is 13.3. The number of amides is 1. The number of carboxylic acid groups (broad SMARTS) is 1. The van der Waals surface area contributed by atoms with E-state index in [4.69, 9.17) is 16.7 Å². The number of piperidine rings is 1. The Balaban J connectivity index is 1.58. The van der Waals surface area contributed by atoms with Gasteiger partial charge in [0, 0.05) is 30.7 Å². The third-order valence-corrected chi connectivity index (χ3v) is 5.85. The van der Waals surface area contributed by atoms with Gasteiger partial charge in [-0.05, 0) is 68.1 Å². The smallest absolute Gasteiger partial charge is 0.335 e. The van der Waals surface area contributed by atoms with Gasteiger partial charge in [-0.1, -0.05) is 17.7 Å². The summed E-state index contributed by atoms with van der Waals surface area (Å²) in [5.41, 5.74) is 2.71. The first-order valence-corrected chi connectivity index (χ1v) is 9.98. The summed E-state index contributed by atoms with van der Waals surface area (Å²) in [7, 11) is 0. The number of halogens is 2. The molecule has 1 amide bonds. The van der Waals surface area contributed by atoms with Crippen molar-refractivity contribution in [3.63, 3.8) is 0 Å². The van der Waals surface area contributed by atoms with Gasteiger partial charge in [-0.15, -0.1) is 0 Å². The van der Waals surface area contributed by atoms with Gasteiger partial charge in [0.1, 0.15) is 5.82 Å². The third kappa shape index (κ3) is 4.95. The third-order valence-electron chi connectivity index (χ3n) is 5.56. The van der Waals surface area contributed by atoms with E-state index in [0.717, 1.165) is 37.1 Å². The number of rotatable bonds is 5. The minimum Gasteiger partial charge on any atom is -0.478 e. The quantitative estimate of drug-likeness (QED) is 0.753. The van der Waals surface area contributed by atoms with Crippen molar-refractivity contribution >= 4 is 23.5 Å². The SMILES string of the molecule is Cc1cc(C(=O)O)ccc1C(C)N1CCC(NC(=O)c2ccc(F)c(Cl)c2)CC1. The summed E-state index contributed by atoms with van der Waals surface area (Å²) in [6, 6.07) is 9.40. The van der Waals surface area contributed by atoms with Crippen molar-refractivity contribution < 1.29 is 19.1 Å². The zero-order chi connectivity index (χ0) is 21.1. The van der Waals surface area contributed by atoms with Gasteiger partial charge in [-0.25, -0.2) is 9.18 Å². The molecule has 1 aliphatic heterocycles. The number of likely N-dealkylation sites (tertiary alicyclic amines) is 1. The molecule has 1 heterocycles. The highest BCUT2D eigenvalue weighted by Crippen LogP contribution is 2.27. The van der Waals surface area contributed by atoms with Gasteiger partial charge in [0.15, 0.2) is 0 Å². The summed E-state index contributed by atoms with van der Waals surface area (Å²) in [4.78, 5) is 25.9. The van der Waals surface area contributed by atoms with Gasteiger partial charge in [-0.2, -0.15) is 0 Å². The van der Waals surface area contributed by atoms with Crippen molar-refractivity contribution in [2.24, 2.45) is 0 Å². The highest BCUT2D eigenvalue weighted by molar-refractivity contribution is 6.31. The van der Waals surface area contributed by atoms with E-state index in [0.29, 0.717) is 11.1 Å². The van der Waals surface area contributed by atoms with Gasteiger partial charge < -0.3 is 10.4 Å². The van der Waals surface area contributed by atoms with Crippen molar-refractivity contribution in [3.05, 3.63) is 69.5 Å². The average Bonchev–Trinajstić information content (AvgIpc) is 2.70. The van der Waals surface area contributed by atoms with E-state index in [1.165, 1.54) is 18.2 Å². The molecule has 0 bridgehead atoms. The maximum absolute atomic E-state index is 13.3. The summed E-state index contributed by atoms with van der Waals surface area (Å²) >= 11 is 5.76. The molecule has 29 heavy (non-hydrogen) atoms. The van der Waals surface area contributed by atoms with E-state index in [1.54, 1.807) is 12.1 Å². The number of nitrogens with zero attached hydrogens (tertiary/aromatic N) is 1. The van der Waals surface area contributed by atoms with E-state index in [9.17, 15) is 14.0 Å². The molecule has 0 radical (unpaired) electrons. The maximum Gasteiger partial charge on any atom is 0.335 e. The van der Waals surface area contributed by atoms with Crippen LogP contribution in [0.4, 0.5) is 4.39 Å². The van der Waals surface area contributed by atoms with Crippen LogP contribution in [0.1, 0.15) is 57.7 Å². The number of nitrogens with one attached hydrogen (secondary N) is 1. The van der Waals surface area contributed by atoms with Crippen LogP contribution in [-0.2, 0) is 0 Å². The van der Waals surface area contributed by atoms with Crippen LogP contribution in [0.2, 0.25) is 5.02 Å². The summed E-state index contributed by atoms with van der Waals surface area (Å²) in [6.07, 6.45) is 1.61. The molecule has 1 fully saturated rings. The predicted octanol–water partition coefficient (Wildman–Crippen LogP) is 4.44. The molecular weight excluding hydrogens is 395 g/mol. The lowest BCUT2D eigenvalue weighted by Gasteiger charge is -2.37. The van der Waals surface area contributed by atoms with Crippen LogP contribution >= 0.6 is 11.6 Å². The molecule has 2 N–H and O–H groups in total. The standard InChI is InChI=1S/C22H24ClFN2O3/c1-13-11-16(22(28)29)3-5-18(13)14(2)26-9-7-17(8-10-26)25-21(27)15-4-6-20(24)19(23)12-15/h3-6,11-12,14,17H,7-10H2,1-2H3,(H,25,27)(H,28,29). The first kappa shape index (κ1) is 21.3. The average molecular weight is 419 g/mol. The number of aryl methyl sites for hydroxylation is 1. The van der Waals surface area contributed by atoms with E-state index >= 15 is 0 Å². The number of hydrogen-bond donors (Lipinski definition) is 2. The Labute approximate surface area is 174 Å². The molecule has 7 heteroatoms. The zero-order valence-electron chi connectivity index (χ0n) is 16.4. The minimum absolute atomic E-state index is 0.0465. The van der Waals surface area contributed by atoms with Crippen molar-refractivity contribution in [3.8, 4) is 0 Å². The number of benzene rings is 2. The van der Waals surface area contributed by atoms with Crippen LogP contribution in [0.5, 0.6) is 0 Å². The van der Waals surface area contributed by atoms with E-state index < -0.39 is 11.8 Å². The first-order valence-electron chi connectivity index (χ1n) is 9.60. The second-order valence-corrected chi connectivity index (χ2v) is 7.87. The van der Waals surface area contributed by atoms with E-state index in [1.807, 2.05) is 13.0 Å². The topological polar surface area (TPSA) is 69.6 Å². The van der Waals surface area contributed by atoms with Crippen molar-refractivity contribution in [2.45, 2.75) is 38.8 Å². The van der Waals surface area contributed by atoms with Gasteiger partial charge in [0.25, 0.3) is 5.91 Å². The highest BCUT2D eigenvalue weighted by Gasteiger charge is 2.26. The molecule has 1 aliphatic rings. The largest absolute Gasteiger partial charge is 0.478 e. The molecule has 0 aromatic heterocycles. The predicted molar refractivity (Wildman–Crippen MR) is 110 cm³/mol. The summed E-state index contributed by atoms with van der Waals surface area (Å²) in [5, 5.41) is 12.1. The number of aromatic carboxylic acids is 1. The molecule has 1 saturated heterocycles. The van der Waals surface area contributed by atoms with Crippen LogP contribution in [0.15, 0.2) is 36.4 Å². The fraction of sp³-hybridized carbons (Fsp3) is 0.364. The molecule has 3 rings (SSSR count). The number of hydrogen-bond acceptors (Lipinski definition) is 3. The molecule has 1 unspecified atom stereocenters. The molecular formula is C22H24ClFN2O3. The first-order chi connectivity index (χ1) is 13.8. The molecule has 154 valence electrons. The zero-order valence-corrected chi connectivity index (χ0v) is 17.2. The summed E-state index contributed by atoms with van der Waals surface area (Å²) in [5.74, 6) is -1.72. The number of carboxylic acids is 1. The second-order valence-electron chi connectivity index (χ2n) is 7.47. The van der Waals surface area contributed by atoms with Crippen molar-refractivity contribution in [1.82, 2.24) is 10.2 Å². The highest BCUT2D eigenvalue weighted by atomic mass is 35.5. The Hall–Kier alpha value is -2.44. The van der Waals surface area contributed by atoms with Gasteiger partial charge in [0.2, 0.25) is 0 Å². The fourth-order valence-electron chi connectivity index (χ4n) is 3.81. The molecule has 0 spiro atoms. The fourth-order valence-corrected chi connectivity index (χ4v) is 3.99. The lowest BCUT2D eigenvalue weighted by atomic mass is 9.96. The van der Waals surface area contributed by atoms with E-state index in [-0.39, 0.29) is 23.0 Å². The Morgan fingerprint density at radius 3 is 2.41 bits per heavy atom. The molecule has 5 nitrogen and oxygen atoms in total. The molecule has 0 aliphatic carbocycles. The Morgan fingerprint density at radius 2 is 1.83 bits per heavy atom. The normalized spacial score (nSPS) is 16.4. The van der Waals surface area contributed by atoms with E-state index in [2.05, 4.69) is 17.1 Å². The van der Waals surface area contributed by atoms with Crippen LogP contribution in [0.25, 0.3) is 0 Å². The number of carbonyl (C=O) groups excluding carboxylic acids is 1. The lowest BCUT2D eigenvalue weighted by molar-refractivity contribution is 0.0696. The minimum atomic E-state index is -0.925. The second kappa shape index (κ2) is 8.93. The van der Waals surface area contributed by atoms with Crippen LogP contribution in [0.3, 0.4) is 0 Å². The molecule has 1 atom stereocenters. The van der Waals surface area contributed by atoms with Crippen LogP contribution < -0.4 is 5.32 Å². The van der Waals surface area contributed by atoms with Gasteiger partial charge in [-0.3, -0.25) is 9.69 Å². The summed E-state index contributed by atoms with van der Waals surface area (Å²) in [6.45, 7) is 5.67. The lowest BCUT2D eigenvalue weighted by Crippen LogP contribution is -2.45. The Kier molecular flexibility index (Phi) is 6.55. The molecule has 2 aromatic carbocycles. The molecule has 2 aromatic rings. The van der Waals surface area contributed by atoms with Crippen LogP contribution in [0, 0.1) is 12.7 Å². The van der Waals surface area contributed by atoms with Crippen molar-refractivity contribution in [1.29, 1.82) is 0 Å². The number of carbonyl (C=O) groups is 2. The Bertz CT molecular complexity index is 926. The Morgan fingerprint density at radius 1 is 1.17 bits per heavy atom. The maximum atomic E-state index is 13.3. The van der Waals surface area contributed by atoms with Gasteiger partial charge in [0.05, 0.1) is 10.6 Å². The van der Waals surface area contributed by atoms with Crippen LogP contribution in [-0.4, -0.2) is 41.0 Å².